The Morgan fingerprint density at radius 3 is 1.29 bits per heavy atom. The maximum Gasteiger partial charge on any atom is 0.305 e. The molecular weight excluding hydrogens is 767 g/mol. The first kappa shape index (κ1) is 60.3. The molecule has 0 saturated carbocycles. The standard InChI is InChI=1S/C56H107NO5/c1-3-5-7-9-11-13-15-17-25-28-32-36-40-44-48-54(59)53(52-58)57-55(60)49-45-41-37-33-29-26-22-20-18-19-21-23-27-31-35-39-43-47-51-62-56(61)50-46-42-38-34-30-24-16-14-12-10-8-6-4-2/h8,10,14,16,53-54,58-59H,3-7,9,11-13,15,17-52H2,1-2H3,(H,57,60)/b10-8-,16-14-. The molecule has 2 unspecified atom stereocenters. The fourth-order valence-corrected chi connectivity index (χ4v) is 8.50. The molecule has 62 heavy (non-hydrogen) atoms. The molecule has 0 aliphatic heterocycles. The number of nitrogens with one attached hydrogen (secondary N) is 1. The zero-order valence-corrected chi connectivity index (χ0v) is 41.6. The number of hydrogen-bond acceptors (Lipinski definition) is 5. The normalized spacial score (nSPS) is 12.8. The number of carbonyl (C=O) groups is 2. The molecule has 0 heterocycles. The van der Waals surface area contributed by atoms with Gasteiger partial charge in [-0.2, -0.15) is 0 Å². The highest BCUT2D eigenvalue weighted by Gasteiger charge is 2.20. The molecule has 0 fully saturated rings. The number of aliphatic hydroxyl groups is 2. The predicted molar refractivity (Wildman–Crippen MR) is 269 cm³/mol. The first-order valence-electron chi connectivity index (χ1n) is 27.6. The van der Waals surface area contributed by atoms with Crippen molar-refractivity contribution in [2.75, 3.05) is 13.2 Å². The van der Waals surface area contributed by atoms with Crippen LogP contribution in [0.3, 0.4) is 0 Å². The van der Waals surface area contributed by atoms with Crippen LogP contribution in [0.25, 0.3) is 0 Å². The Hall–Kier alpha value is -1.66. The van der Waals surface area contributed by atoms with E-state index in [1.165, 1.54) is 212 Å². The van der Waals surface area contributed by atoms with Gasteiger partial charge in [0.05, 0.1) is 25.4 Å². The number of unbranched alkanes of at least 4 members (excludes halogenated alkanes) is 36. The van der Waals surface area contributed by atoms with E-state index in [-0.39, 0.29) is 18.5 Å². The van der Waals surface area contributed by atoms with Gasteiger partial charge in [0.25, 0.3) is 0 Å². The van der Waals surface area contributed by atoms with E-state index in [4.69, 9.17) is 4.74 Å². The van der Waals surface area contributed by atoms with Gasteiger partial charge in [-0.05, 0) is 51.4 Å². The smallest absolute Gasteiger partial charge is 0.305 e. The zero-order valence-electron chi connectivity index (χ0n) is 41.6. The second-order valence-electron chi connectivity index (χ2n) is 18.9. The molecule has 0 aliphatic carbocycles. The van der Waals surface area contributed by atoms with Gasteiger partial charge in [0.1, 0.15) is 0 Å². The highest BCUT2D eigenvalue weighted by atomic mass is 16.5. The Labute approximate surface area is 386 Å². The third-order valence-corrected chi connectivity index (χ3v) is 12.7. The molecule has 6 heteroatoms. The molecule has 0 aromatic rings. The molecule has 366 valence electrons. The number of ether oxygens (including phenoxy) is 1. The van der Waals surface area contributed by atoms with Crippen molar-refractivity contribution >= 4 is 11.9 Å². The third kappa shape index (κ3) is 47.8. The van der Waals surface area contributed by atoms with E-state index < -0.39 is 12.1 Å². The van der Waals surface area contributed by atoms with Crippen molar-refractivity contribution in [3.8, 4) is 0 Å². The summed E-state index contributed by atoms with van der Waals surface area (Å²) in [7, 11) is 0. The van der Waals surface area contributed by atoms with E-state index in [2.05, 4.69) is 43.5 Å². The monoisotopic (exact) mass is 874 g/mol. The molecular formula is C56H107NO5. The molecule has 0 radical (unpaired) electrons. The number of rotatable bonds is 51. The van der Waals surface area contributed by atoms with Crippen molar-refractivity contribution in [1.82, 2.24) is 5.32 Å². The van der Waals surface area contributed by atoms with Crippen LogP contribution in [0.2, 0.25) is 0 Å². The van der Waals surface area contributed by atoms with Gasteiger partial charge in [-0.25, -0.2) is 0 Å². The number of carbonyl (C=O) groups excluding carboxylic acids is 2. The molecule has 0 aromatic carbocycles. The van der Waals surface area contributed by atoms with Gasteiger partial charge in [-0.3, -0.25) is 9.59 Å². The Balaban J connectivity index is 3.41. The largest absolute Gasteiger partial charge is 0.466 e. The Bertz CT molecular complexity index is 966. The third-order valence-electron chi connectivity index (χ3n) is 12.7. The summed E-state index contributed by atoms with van der Waals surface area (Å²) in [6.07, 6.45) is 61.6. The van der Waals surface area contributed by atoms with Gasteiger partial charge < -0.3 is 20.3 Å². The lowest BCUT2D eigenvalue weighted by Crippen LogP contribution is -2.45. The molecule has 0 spiro atoms. The molecule has 0 aromatic heterocycles. The molecule has 6 nitrogen and oxygen atoms in total. The first-order valence-corrected chi connectivity index (χ1v) is 27.6. The molecule has 0 rings (SSSR count). The summed E-state index contributed by atoms with van der Waals surface area (Å²) in [5.41, 5.74) is 0. The van der Waals surface area contributed by atoms with Crippen LogP contribution in [-0.2, 0) is 14.3 Å². The van der Waals surface area contributed by atoms with E-state index >= 15 is 0 Å². The number of hydrogen-bond donors (Lipinski definition) is 3. The van der Waals surface area contributed by atoms with Crippen LogP contribution in [0.1, 0.15) is 296 Å². The lowest BCUT2D eigenvalue weighted by atomic mass is 10.0. The van der Waals surface area contributed by atoms with Crippen molar-refractivity contribution in [2.45, 2.75) is 309 Å². The maximum atomic E-state index is 12.5. The Kier molecular flexibility index (Phi) is 50.6. The van der Waals surface area contributed by atoms with Gasteiger partial charge in [0, 0.05) is 12.8 Å². The number of amides is 1. The van der Waals surface area contributed by atoms with Crippen molar-refractivity contribution in [3.05, 3.63) is 24.3 Å². The fourth-order valence-electron chi connectivity index (χ4n) is 8.50. The minimum absolute atomic E-state index is 0.00799. The van der Waals surface area contributed by atoms with Crippen molar-refractivity contribution in [1.29, 1.82) is 0 Å². The summed E-state index contributed by atoms with van der Waals surface area (Å²) in [5, 5.41) is 23.2. The van der Waals surface area contributed by atoms with Crippen LogP contribution in [0.5, 0.6) is 0 Å². The van der Waals surface area contributed by atoms with E-state index in [1.807, 2.05) is 0 Å². The van der Waals surface area contributed by atoms with Crippen molar-refractivity contribution in [3.63, 3.8) is 0 Å². The van der Waals surface area contributed by atoms with Gasteiger partial charge in [0.15, 0.2) is 0 Å². The van der Waals surface area contributed by atoms with Crippen molar-refractivity contribution < 1.29 is 24.5 Å². The van der Waals surface area contributed by atoms with Gasteiger partial charge >= 0.3 is 5.97 Å². The van der Waals surface area contributed by atoms with E-state index in [0.717, 1.165) is 51.4 Å². The Morgan fingerprint density at radius 2 is 0.839 bits per heavy atom. The SMILES string of the molecule is CCC/C=C\C/C=C\CCCCCCCC(=O)OCCCCCCCCCCCCCCCCCCCCC(=O)NC(CO)C(O)CCCCCCCCCCCCCCCC. The summed E-state index contributed by atoms with van der Waals surface area (Å²) in [6, 6.07) is -0.544. The average Bonchev–Trinajstić information content (AvgIpc) is 3.27. The van der Waals surface area contributed by atoms with E-state index in [9.17, 15) is 19.8 Å². The van der Waals surface area contributed by atoms with Crippen LogP contribution in [0.4, 0.5) is 0 Å². The number of aliphatic hydroxyl groups excluding tert-OH is 2. The summed E-state index contributed by atoms with van der Waals surface area (Å²) >= 11 is 0. The lowest BCUT2D eigenvalue weighted by molar-refractivity contribution is -0.143. The van der Waals surface area contributed by atoms with Crippen molar-refractivity contribution in [2.24, 2.45) is 0 Å². The van der Waals surface area contributed by atoms with Crippen LogP contribution < -0.4 is 5.32 Å². The van der Waals surface area contributed by atoms with E-state index in [1.54, 1.807) is 0 Å². The van der Waals surface area contributed by atoms with E-state index in [0.29, 0.717) is 25.9 Å². The lowest BCUT2D eigenvalue weighted by Gasteiger charge is -2.22. The van der Waals surface area contributed by atoms with Crippen LogP contribution >= 0.6 is 0 Å². The molecule has 0 bridgehead atoms. The zero-order chi connectivity index (χ0) is 45.1. The summed E-state index contributed by atoms with van der Waals surface area (Å²) in [6.45, 7) is 4.88. The maximum absolute atomic E-state index is 12.5. The molecule has 1 amide bonds. The molecule has 2 atom stereocenters. The summed E-state index contributed by atoms with van der Waals surface area (Å²) < 4.78 is 5.46. The first-order chi connectivity index (χ1) is 30.5. The minimum Gasteiger partial charge on any atom is -0.466 e. The minimum atomic E-state index is -0.666. The predicted octanol–water partition coefficient (Wildman–Crippen LogP) is 16.7. The van der Waals surface area contributed by atoms with Crippen LogP contribution in [-0.4, -0.2) is 47.4 Å². The highest BCUT2D eigenvalue weighted by molar-refractivity contribution is 5.76. The number of allylic oxidation sites excluding steroid dienone is 4. The summed E-state index contributed by atoms with van der Waals surface area (Å²) in [5.74, 6) is -0.0466. The quantitative estimate of drug-likeness (QED) is 0.0321. The average molecular weight is 874 g/mol. The fraction of sp³-hybridized carbons (Fsp3) is 0.893. The second-order valence-corrected chi connectivity index (χ2v) is 18.9. The van der Waals surface area contributed by atoms with Crippen LogP contribution in [0, 0.1) is 0 Å². The van der Waals surface area contributed by atoms with Crippen LogP contribution in [0.15, 0.2) is 24.3 Å². The highest BCUT2D eigenvalue weighted by Crippen LogP contribution is 2.17. The molecule has 0 aliphatic rings. The molecule has 0 saturated heterocycles. The van der Waals surface area contributed by atoms with Gasteiger partial charge in [0.2, 0.25) is 5.91 Å². The Morgan fingerprint density at radius 1 is 0.452 bits per heavy atom. The number of esters is 1. The van der Waals surface area contributed by atoms with Gasteiger partial charge in [-0.1, -0.05) is 256 Å². The molecule has 3 N–H and O–H groups in total. The second kappa shape index (κ2) is 52.0. The van der Waals surface area contributed by atoms with Gasteiger partial charge in [-0.15, -0.1) is 0 Å². The summed E-state index contributed by atoms with van der Waals surface area (Å²) in [4.78, 5) is 24.5. The topological polar surface area (TPSA) is 95.9 Å².